The molecule has 0 aromatic carbocycles. The number of nitrogens with one attached hydrogen (secondary N) is 1. The number of aromatic nitrogens is 3. The molecular weight excluding hydrogens is 266 g/mol. The van der Waals surface area contributed by atoms with E-state index >= 15 is 0 Å². The molecule has 2 aliphatic rings. The summed E-state index contributed by atoms with van der Waals surface area (Å²) < 4.78 is 0. The van der Waals surface area contributed by atoms with Crippen LogP contribution in [0.2, 0.25) is 0 Å². The Bertz CT molecular complexity index is 464. The third-order valence-electron chi connectivity index (χ3n) is 4.33. The summed E-state index contributed by atoms with van der Waals surface area (Å²) in [5.41, 5.74) is 5.86. The van der Waals surface area contributed by atoms with E-state index in [1.807, 2.05) is 0 Å². The maximum absolute atomic E-state index is 5.86. The third kappa shape index (κ3) is 3.72. The van der Waals surface area contributed by atoms with Gasteiger partial charge in [-0.3, -0.25) is 0 Å². The number of likely N-dealkylation sites (tertiary alicyclic amines) is 1. The van der Waals surface area contributed by atoms with Gasteiger partial charge in [0, 0.05) is 19.1 Å². The molecule has 116 valence electrons. The standard InChI is InChI=1S/C14H25N7/c1-20-9-5-11(6-10-20)16-13-17-12(15)18-14(19-13)21-7-3-2-4-8-21/h11H,2-10H2,1H3,(H3,15,16,17,18,19). The molecule has 2 aliphatic heterocycles. The lowest BCUT2D eigenvalue weighted by Gasteiger charge is -2.30. The molecule has 0 saturated carbocycles. The van der Waals surface area contributed by atoms with Crippen LogP contribution in [0.15, 0.2) is 0 Å². The number of hydrogen-bond donors (Lipinski definition) is 2. The molecule has 7 heteroatoms. The van der Waals surface area contributed by atoms with Gasteiger partial charge in [0.05, 0.1) is 0 Å². The maximum atomic E-state index is 5.86. The molecule has 0 aliphatic carbocycles. The average molecular weight is 291 g/mol. The molecule has 3 rings (SSSR count). The van der Waals surface area contributed by atoms with Crippen molar-refractivity contribution in [3.8, 4) is 0 Å². The van der Waals surface area contributed by atoms with Crippen LogP contribution in [-0.2, 0) is 0 Å². The van der Waals surface area contributed by atoms with E-state index in [0.717, 1.165) is 45.0 Å². The minimum absolute atomic E-state index is 0.306. The summed E-state index contributed by atoms with van der Waals surface area (Å²) in [6.07, 6.45) is 5.91. The summed E-state index contributed by atoms with van der Waals surface area (Å²) in [6.45, 7) is 4.24. The summed E-state index contributed by atoms with van der Waals surface area (Å²) in [7, 11) is 2.16. The average Bonchev–Trinajstić information content (AvgIpc) is 2.50. The summed E-state index contributed by atoms with van der Waals surface area (Å²) >= 11 is 0. The topological polar surface area (TPSA) is 83.2 Å². The molecule has 7 nitrogen and oxygen atoms in total. The number of nitrogens with zero attached hydrogens (tertiary/aromatic N) is 5. The minimum Gasteiger partial charge on any atom is -0.368 e. The van der Waals surface area contributed by atoms with Crippen LogP contribution in [0.1, 0.15) is 32.1 Å². The van der Waals surface area contributed by atoms with Crippen LogP contribution in [-0.4, -0.2) is 59.1 Å². The van der Waals surface area contributed by atoms with E-state index in [4.69, 9.17) is 5.73 Å². The Kier molecular flexibility index (Phi) is 4.38. The van der Waals surface area contributed by atoms with E-state index in [2.05, 4.69) is 37.1 Å². The molecule has 2 saturated heterocycles. The summed E-state index contributed by atoms with van der Waals surface area (Å²) in [4.78, 5) is 17.7. The van der Waals surface area contributed by atoms with Crippen LogP contribution in [0.25, 0.3) is 0 Å². The van der Waals surface area contributed by atoms with Crippen LogP contribution in [0.3, 0.4) is 0 Å². The van der Waals surface area contributed by atoms with Gasteiger partial charge in [-0.05, 0) is 52.2 Å². The van der Waals surface area contributed by atoms with Crippen molar-refractivity contribution in [1.82, 2.24) is 19.9 Å². The highest BCUT2D eigenvalue weighted by molar-refractivity contribution is 5.42. The Morgan fingerprint density at radius 1 is 1.00 bits per heavy atom. The monoisotopic (exact) mass is 291 g/mol. The van der Waals surface area contributed by atoms with Gasteiger partial charge in [-0.1, -0.05) is 0 Å². The van der Waals surface area contributed by atoms with Gasteiger partial charge in [0.15, 0.2) is 0 Å². The SMILES string of the molecule is CN1CCC(Nc2nc(N)nc(N3CCCCC3)n2)CC1. The van der Waals surface area contributed by atoms with Gasteiger partial charge >= 0.3 is 0 Å². The first-order valence-electron chi connectivity index (χ1n) is 7.92. The van der Waals surface area contributed by atoms with Crippen LogP contribution >= 0.6 is 0 Å². The highest BCUT2D eigenvalue weighted by atomic mass is 15.3. The summed E-state index contributed by atoms with van der Waals surface area (Å²) in [5.74, 6) is 1.65. The van der Waals surface area contributed by atoms with Gasteiger partial charge in [0.2, 0.25) is 17.8 Å². The zero-order valence-electron chi connectivity index (χ0n) is 12.8. The van der Waals surface area contributed by atoms with Gasteiger partial charge in [-0.25, -0.2) is 0 Å². The Morgan fingerprint density at radius 2 is 1.71 bits per heavy atom. The van der Waals surface area contributed by atoms with E-state index in [1.165, 1.54) is 19.3 Å². The van der Waals surface area contributed by atoms with Crippen LogP contribution in [0.5, 0.6) is 0 Å². The Morgan fingerprint density at radius 3 is 2.43 bits per heavy atom. The van der Waals surface area contributed by atoms with E-state index in [9.17, 15) is 0 Å². The quantitative estimate of drug-likeness (QED) is 0.858. The molecule has 0 unspecified atom stereocenters. The second-order valence-corrected chi connectivity index (χ2v) is 6.09. The normalized spacial score (nSPS) is 21.5. The Labute approximate surface area is 126 Å². The highest BCUT2D eigenvalue weighted by Gasteiger charge is 2.19. The van der Waals surface area contributed by atoms with Crippen molar-refractivity contribution in [3.63, 3.8) is 0 Å². The molecule has 1 aromatic rings. The smallest absolute Gasteiger partial charge is 0.231 e. The number of piperidine rings is 2. The van der Waals surface area contributed by atoms with Crippen molar-refractivity contribution < 1.29 is 0 Å². The first kappa shape index (κ1) is 14.3. The molecule has 0 spiro atoms. The Hall–Kier alpha value is -1.63. The van der Waals surface area contributed by atoms with Gasteiger partial charge in [-0.15, -0.1) is 0 Å². The van der Waals surface area contributed by atoms with Gasteiger partial charge in [-0.2, -0.15) is 15.0 Å². The second kappa shape index (κ2) is 6.43. The fourth-order valence-corrected chi connectivity index (χ4v) is 3.02. The van der Waals surface area contributed by atoms with Crippen LogP contribution < -0.4 is 16.0 Å². The lowest BCUT2D eigenvalue weighted by molar-refractivity contribution is 0.263. The second-order valence-electron chi connectivity index (χ2n) is 6.09. The molecular formula is C14H25N7. The van der Waals surface area contributed by atoms with Crippen molar-refractivity contribution in [2.75, 3.05) is 49.2 Å². The molecule has 21 heavy (non-hydrogen) atoms. The molecule has 0 amide bonds. The molecule has 0 atom stereocenters. The van der Waals surface area contributed by atoms with Crippen LogP contribution in [0, 0.1) is 0 Å². The molecule has 2 fully saturated rings. The lowest BCUT2D eigenvalue weighted by atomic mass is 10.1. The zero-order chi connectivity index (χ0) is 14.7. The number of anilines is 3. The largest absolute Gasteiger partial charge is 0.368 e. The van der Waals surface area contributed by atoms with E-state index in [1.54, 1.807) is 0 Å². The van der Waals surface area contributed by atoms with Gasteiger partial charge in [0.1, 0.15) is 0 Å². The van der Waals surface area contributed by atoms with Crippen LogP contribution in [0.4, 0.5) is 17.8 Å². The van der Waals surface area contributed by atoms with E-state index in [0.29, 0.717) is 17.9 Å². The highest BCUT2D eigenvalue weighted by Crippen LogP contribution is 2.19. The molecule has 3 N–H and O–H groups in total. The number of rotatable bonds is 3. The van der Waals surface area contributed by atoms with Gasteiger partial charge < -0.3 is 20.9 Å². The maximum Gasteiger partial charge on any atom is 0.231 e. The van der Waals surface area contributed by atoms with E-state index < -0.39 is 0 Å². The number of nitrogen functional groups attached to an aromatic ring is 1. The molecule has 0 radical (unpaired) electrons. The number of nitrogens with two attached hydrogens (primary N) is 1. The summed E-state index contributed by atoms with van der Waals surface area (Å²) in [5, 5.41) is 3.43. The lowest BCUT2D eigenvalue weighted by Crippen LogP contribution is -2.37. The fourth-order valence-electron chi connectivity index (χ4n) is 3.02. The summed E-state index contributed by atoms with van der Waals surface area (Å²) in [6, 6.07) is 0.428. The predicted octanol–water partition coefficient (Wildman–Crippen LogP) is 0.950. The fraction of sp³-hybridized carbons (Fsp3) is 0.786. The van der Waals surface area contributed by atoms with Crippen molar-refractivity contribution in [1.29, 1.82) is 0 Å². The van der Waals surface area contributed by atoms with Crippen molar-refractivity contribution in [2.45, 2.75) is 38.1 Å². The van der Waals surface area contributed by atoms with Crippen molar-refractivity contribution >= 4 is 17.8 Å². The molecule has 1 aromatic heterocycles. The first-order chi connectivity index (χ1) is 10.2. The minimum atomic E-state index is 0.306. The van der Waals surface area contributed by atoms with Gasteiger partial charge in [0.25, 0.3) is 0 Å². The predicted molar refractivity (Wildman–Crippen MR) is 84.4 cm³/mol. The third-order valence-corrected chi connectivity index (χ3v) is 4.33. The molecule has 0 bridgehead atoms. The molecule has 3 heterocycles. The van der Waals surface area contributed by atoms with Crippen molar-refractivity contribution in [3.05, 3.63) is 0 Å². The Balaban J connectivity index is 1.68. The first-order valence-corrected chi connectivity index (χ1v) is 7.92. The van der Waals surface area contributed by atoms with Crippen molar-refractivity contribution in [2.24, 2.45) is 0 Å². The zero-order valence-corrected chi connectivity index (χ0v) is 12.8. The van der Waals surface area contributed by atoms with E-state index in [-0.39, 0.29) is 0 Å². The number of hydrogen-bond acceptors (Lipinski definition) is 7.